The Morgan fingerprint density at radius 1 is 1.32 bits per heavy atom. The Morgan fingerprint density at radius 3 is 2.45 bits per heavy atom. The lowest BCUT2D eigenvalue weighted by atomic mass is 9.85. The molecule has 1 heterocycles. The molecule has 22 heavy (non-hydrogen) atoms. The number of rotatable bonds is 6. The molecule has 1 aliphatic heterocycles. The van der Waals surface area contributed by atoms with E-state index in [1.54, 1.807) is 0 Å². The molecule has 0 spiro atoms. The maximum atomic E-state index is 11.8. The zero-order valence-electron chi connectivity index (χ0n) is 14.6. The van der Waals surface area contributed by atoms with Crippen LogP contribution in [-0.2, 0) is 9.53 Å². The highest BCUT2D eigenvalue weighted by Gasteiger charge is 2.29. The van der Waals surface area contributed by atoms with Crippen molar-refractivity contribution in [3.63, 3.8) is 0 Å². The molecule has 1 fully saturated rings. The number of piperidine rings is 1. The zero-order valence-corrected chi connectivity index (χ0v) is 14.6. The summed E-state index contributed by atoms with van der Waals surface area (Å²) in [6.45, 7) is 12.3. The minimum atomic E-state index is -0.0612. The van der Waals surface area contributed by atoms with Gasteiger partial charge in [0.1, 0.15) is 5.82 Å². The molecule has 4 heteroatoms. The van der Waals surface area contributed by atoms with Crippen LogP contribution in [0.1, 0.15) is 47.5 Å². The van der Waals surface area contributed by atoms with Crippen molar-refractivity contribution >= 4 is 12.2 Å². The first-order valence-electron chi connectivity index (χ1n) is 8.28. The first-order chi connectivity index (χ1) is 10.5. The van der Waals surface area contributed by atoms with Gasteiger partial charge in [-0.15, -0.1) is 0 Å². The van der Waals surface area contributed by atoms with E-state index in [2.05, 4.69) is 16.0 Å². The normalized spacial score (nSPS) is 19.6. The lowest BCUT2D eigenvalue weighted by molar-refractivity contribution is -0.149. The largest absolute Gasteiger partial charge is 0.466 e. The predicted octanol–water partition coefficient (Wildman–Crippen LogP) is 3.80. The number of aliphatic imine (C=N–C) groups is 1. The smallest absolute Gasteiger partial charge is 0.308 e. The van der Waals surface area contributed by atoms with Crippen LogP contribution in [0.15, 0.2) is 28.5 Å². The third kappa shape index (κ3) is 5.32. The van der Waals surface area contributed by atoms with Gasteiger partial charge in [0.15, 0.2) is 0 Å². The molecule has 1 rings (SSSR count). The number of esters is 1. The van der Waals surface area contributed by atoms with Gasteiger partial charge in [-0.1, -0.05) is 13.0 Å². The number of likely N-dealkylation sites (tertiary alicyclic amines) is 1. The highest BCUT2D eigenvalue weighted by Crippen LogP contribution is 2.27. The molecule has 1 atom stereocenters. The van der Waals surface area contributed by atoms with Crippen molar-refractivity contribution in [1.82, 2.24) is 4.90 Å². The van der Waals surface area contributed by atoms with Crippen LogP contribution in [0.25, 0.3) is 0 Å². The van der Waals surface area contributed by atoms with Gasteiger partial charge in [-0.2, -0.15) is 0 Å². The number of carbonyl (C=O) groups excluding carboxylic acids is 1. The minimum absolute atomic E-state index is 0.00933. The van der Waals surface area contributed by atoms with E-state index in [-0.39, 0.29) is 11.9 Å². The summed E-state index contributed by atoms with van der Waals surface area (Å²) in [5, 5.41) is 0. The molecule has 1 saturated heterocycles. The molecular weight excluding hydrogens is 276 g/mol. The SMILES string of the molecule is C\C=C(C)/C=N\C(=C\C)N1CCC(C(C)C(=O)OCC)CC1. The summed E-state index contributed by atoms with van der Waals surface area (Å²) in [5.41, 5.74) is 1.16. The zero-order chi connectivity index (χ0) is 16.5. The molecule has 0 bridgehead atoms. The second kappa shape index (κ2) is 9.44. The topological polar surface area (TPSA) is 41.9 Å². The van der Waals surface area contributed by atoms with Crippen LogP contribution in [0, 0.1) is 11.8 Å². The van der Waals surface area contributed by atoms with Crippen LogP contribution in [0.3, 0.4) is 0 Å². The Hall–Kier alpha value is -1.58. The van der Waals surface area contributed by atoms with Crippen molar-refractivity contribution in [2.75, 3.05) is 19.7 Å². The maximum absolute atomic E-state index is 11.8. The molecule has 1 aliphatic rings. The summed E-state index contributed by atoms with van der Waals surface area (Å²) in [4.78, 5) is 18.7. The van der Waals surface area contributed by atoms with Gasteiger partial charge in [-0.25, -0.2) is 4.99 Å². The van der Waals surface area contributed by atoms with Crippen molar-refractivity contribution in [2.24, 2.45) is 16.8 Å². The van der Waals surface area contributed by atoms with E-state index in [1.807, 2.05) is 46.9 Å². The molecule has 4 nitrogen and oxygen atoms in total. The van der Waals surface area contributed by atoms with Crippen LogP contribution in [0.5, 0.6) is 0 Å². The number of nitrogens with zero attached hydrogens (tertiary/aromatic N) is 2. The number of carbonyl (C=O) groups is 1. The molecule has 0 amide bonds. The van der Waals surface area contributed by atoms with E-state index < -0.39 is 0 Å². The summed E-state index contributed by atoms with van der Waals surface area (Å²) < 4.78 is 5.14. The van der Waals surface area contributed by atoms with Gasteiger partial charge in [0, 0.05) is 19.3 Å². The van der Waals surface area contributed by atoms with Gasteiger partial charge in [-0.3, -0.25) is 4.79 Å². The van der Waals surface area contributed by atoms with E-state index in [0.29, 0.717) is 12.5 Å². The van der Waals surface area contributed by atoms with Crippen molar-refractivity contribution in [3.05, 3.63) is 23.5 Å². The average molecular weight is 306 g/mol. The second-order valence-electron chi connectivity index (χ2n) is 5.80. The van der Waals surface area contributed by atoms with Crippen LogP contribution in [0.4, 0.5) is 0 Å². The summed E-state index contributed by atoms with van der Waals surface area (Å²) in [6.07, 6.45) is 8.02. The third-order valence-corrected chi connectivity index (χ3v) is 4.34. The number of allylic oxidation sites excluding steroid dienone is 3. The van der Waals surface area contributed by atoms with E-state index in [0.717, 1.165) is 37.3 Å². The van der Waals surface area contributed by atoms with Gasteiger partial charge < -0.3 is 9.64 Å². The Balaban J connectivity index is 2.57. The minimum Gasteiger partial charge on any atom is -0.466 e. The van der Waals surface area contributed by atoms with Gasteiger partial charge in [0.2, 0.25) is 0 Å². The standard InChI is InChI=1S/C18H30N2O2/c1-6-14(4)13-19-17(7-2)20-11-9-16(10-12-20)15(5)18(21)22-8-3/h6-7,13,15-16H,8-12H2,1-5H3/b14-6-,17-7-,19-13-. The van der Waals surface area contributed by atoms with E-state index in [9.17, 15) is 4.79 Å². The van der Waals surface area contributed by atoms with E-state index in [1.165, 1.54) is 0 Å². The van der Waals surface area contributed by atoms with E-state index in [4.69, 9.17) is 4.74 Å². The molecule has 0 aromatic carbocycles. The lowest BCUT2D eigenvalue weighted by Gasteiger charge is -2.35. The first kappa shape index (κ1) is 18.5. The quantitative estimate of drug-likeness (QED) is 0.554. The van der Waals surface area contributed by atoms with Crippen LogP contribution in [0.2, 0.25) is 0 Å². The third-order valence-electron chi connectivity index (χ3n) is 4.34. The molecule has 0 aromatic heterocycles. The highest BCUT2D eigenvalue weighted by atomic mass is 16.5. The summed E-state index contributed by atoms with van der Waals surface area (Å²) in [6, 6.07) is 0. The van der Waals surface area contributed by atoms with Gasteiger partial charge >= 0.3 is 5.97 Å². The fourth-order valence-electron chi connectivity index (χ4n) is 2.68. The summed E-state index contributed by atoms with van der Waals surface area (Å²) >= 11 is 0. The molecular formula is C18H30N2O2. The molecule has 0 N–H and O–H groups in total. The van der Waals surface area contributed by atoms with Crippen molar-refractivity contribution in [1.29, 1.82) is 0 Å². The van der Waals surface area contributed by atoms with E-state index >= 15 is 0 Å². The van der Waals surface area contributed by atoms with Crippen LogP contribution < -0.4 is 0 Å². The Bertz CT molecular complexity index is 444. The molecule has 0 aromatic rings. The number of hydrogen-bond donors (Lipinski definition) is 0. The van der Waals surface area contributed by atoms with Crippen molar-refractivity contribution < 1.29 is 9.53 Å². The summed E-state index contributed by atoms with van der Waals surface area (Å²) in [5.74, 6) is 1.36. The van der Waals surface area contributed by atoms with Crippen LogP contribution >= 0.6 is 0 Å². The number of ether oxygens (including phenoxy) is 1. The number of hydrogen-bond acceptors (Lipinski definition) is 4. The summed E-state index contributed by atoms with van der Waals surface area (Å²) in [7, 11) is 0. The average Bonchev–Trinajstić information content (AvgIpc) is 2.55. The molecule has 0 saturated carbocycles. The fraction of sp³-hybridized carbons (Fsp3) is 0.667. The maximum Gasteiger partial charge on any atom is 0.308 e. The predicted molar refractivity (Wildman–Crippen MR) is 91.8 cm³/mol. The fourth-order valence-corrected chi connectivity index (χ4v) is 2.68. The molecule has 1 unspecified atom stereocenters. The molecule has 0 radical (unpaired) electrons. The van der Waals surface area contributed by atoms with Gasteiger partial charge in [0.25, 0.3) is 0 Å². The van der Waals surface area contributed by atoms with Gasteiger partial charge in [0.05, 0.1) is 12.5 Å². The lowest BCUT2D eigenvalue weighted by Crippen LogP contribution is -2.37. The Morgan fingerprint density at radius 2 is 1.95 bits per heavy atom. The second-order valence-corrected chi connectivity index (χ2v) is 5.80. The first-order valence-corrected chi connectivity index (χ1v) is 8.28. The Kier molecular flexibility index (Phi) is 7.92. The highest BCUT2D eigenvalue weighted by molar-refractivity contribution is 5.78. The van der Waals surface area contributed by atoms with Gasteiger partial charge in [-0.05, 0) is 58.1 Å². The van der Waals surface area contributed by atoms with Crippen molar-refractivity contribution in [3.8, 4) is 0 Å². The molecule has 124 valence electrons. The Labute approximate surface area is 134 Å². The van der Waals surface area contributed by atoms with Crippen molar-refractivity contribution in [2.45, 2.75) is 47.5 Å². The van der Waals surface area contributed by atoms with Crippen LogP contribution in [-0.4, -0.2) is 36.8 Å². The molecule has 0 aliphatic carbocycles. The monoisotopic (exact) mass is 306 g/mol.